The summed E-state index contributed by atoms with van der Waals surface area (Å²) in [5.74, 6) is 0. The molecule has 0 saturated heterocycles. The number of allylic oxidation sites excluding steroid dienone is 4. The van der Waals surface area contributed by atoms with Crippen LogP contribution in [0.2, 0.25) is 0 Å². The van der Waals surface area contributed by atoms with Gasteiger partial charge in [-0.3, -0.25) is 5.21 Å². The van der Waals surface area contributed by atoms with E-state index in [9.17, 15) is 0 Å². The largest absolute Gasteiger partial charge is 0.268 e. The van der Waals surface area contributed by atoms with Crippen molar-refractivity contribution in [2.45, 2.75) is 6.42 Å². The smallest absolute Gasteiger partial charge is 0.113 e. The van der Waals surface area contributed by atoms with E-state index in [4.69, 9.17) is 5.21 Å². The first-order chi connectivity index (χ1) is 4.88. The number of hydrogen-bond acceptors (Lipinski definition) is 4. The molecule has 0 unspecified atom stereocenters. The van der Waals surface area contributed by atoms with Crippen LogP contribution in [0, 0.1) is 0 Å². The lowest BCUT2D eigenvalue weighted by atomic mass is 10.1. The number of nitrogens with one attached hydrogen (secondary N) is 1. The fraction of sp³-hybridized carbons (Fsp3) is 0.167. The molecule has 52 valence electrons. The van der Waals surface area contributed by atoms with Crippen molar-refractivity contribution in [2.24, 2.45) is 5.10 Å². The summed E-state index contributed by atoms with van der Waals surface area (Å²) in [7, 11) is 0. The molecule has 10 heavy (non-hydrogen) atoms. The van der Waals surface area contributed by atoms with Gasteiger partial charge in [0.1, 0.15) is 5.70 Å². The van der Waals surface area contributed by atoms with Gasteiger partial charge in [0.05, 0.1) is 5.71 Å². The van der Waals surface area contributed by atoms with Crippen molar-refractivity contribution in [3.63, 3.8) is 0 Å². The Morgan fingerprint density at radius 3 is 3.40 bits per heavy atom. The van der Waals surface area contributed by atoms with Crippen molar-refractivity contribution in [1.82, 2.24) is 10.7 Å². The molecule has 0 bridgehead atoms. The predicted octanol–water partition coefficient (Wildman–Crippen LogP) is 0.396. The molecule has 4 nitrogen and oxygen atoms in total. The maximum atomic E-state index is 9.03. The molecular weight excluding hydrogens is 130 g/mol. The average Bonchev–Trinajstić information content (AvgIpc) is 2.34. The van der Waals surface area contributed by atoms with E-state index in [0.29, 0.717) is 0 Å². The second-order valence-corrected chi connectivity index (χ2v) is 2.15. The van der Waals surface area contributed by atoms with Crippen molar-refractivity contribution < 1.29 is 5.21 Å². The summed E-state index contributed by atoms with van der Waals surface area (Å²) in [5, 5.41) is 13.8. The first kappa shape index (κ1) is 5.49. The molecule has 0 fully saturated rings. The minimum absolute atomic E-state index is 0.738. The molecule has 0 radical (unpaired) electrons. The number of hydrazine groups is 1. The lowest BCUT2D eigenvalue weighted by Gasteiger charge is -2.10. The Morgan fingerprint density at radius 2 is 2.60 bits per heavy atom. The molecule has 0 spiro atoms. The standard InChI is InChI=1S/C6H7N3O/c10-9-6-4-2-1-3-5(6)7-8-9/h1-2,4,8,10H,3H2. The molecule has 2 N–H and O–H groups in total. The van der Waals surface area contributed by atoms with Crippen LogP contribution in [-0.2, 0) is 0 Å². The van der Waals surface area contributed by atoms with Gasteiger partial charge in [0, 0.05) is 6.42 Å². The molecule has 0 atom stereocenters. The Morgan fingerprint density at radius 1 is 1.70 bits per heavy atom. The van der Waals surface area contributed by atoms with Crippen molar-refractivity contribution in [2.75, 3.05) is 0 Å². The summed E-state index contributed by atoms with van der Waals surface area (Å²) < 4.78 is 0. The van der Waals surface area contributed by atoms with Gasteiger partial charge in [0.2, 0.25) is 0 Å². The van der Waals surface area contributed by atoms with Crippen LogP contribution >= 0.6 is 0 Å². The minimum Gasteiger partial charge on any atom is -0.268 e. The third-order valence-corrected chi connectivity index (χ3v) is 1.50. The lowest BCUT2D eigenvalue weighted by Crippen LogP contribution is -2.25. The Bertz CT molecular complexity index is 241. The third-order valence-electron chi connectivity index (χ3n) is 1.50. The van der Waals surface area contributed by atoms with Gasteiger partial charge in [-0.25, -0.2) is 0 Å². The number of nitrogens with zero attached hydrogens (tertiary/aromatic N) is 2. The van der Waals surface area contributed by atoms with Crippen LogP contribution in [0.4, 0.5) is 0 Å². The number of hydrogen-bond donors (Lipinski definition) is 2. The zero-order valence-electron chi connectivity index (χ0n) is 5.28. The molecular formula is C6H7N3O. The van der Waals surface area contributed by atoms with E-state index in [0.717, 1.165) is 23.0 Å². The first-order valence-corrected chi connectivity index (χ1v) is 3.06. The van der Waals surface area contributed by atoms with E-state index >= 15 is 0 Å². The topological polar surface area (TPSA) is 47.9 Å². The zero-order valence-corrected chi connectivity index (χ0v) is 5.28. The second kappa shape index (κ2) is 1.85. The van der Waals surface area contributed by atoms with E-state index in [1.54, 1.807) is 0 Å². The minimum atomic E-state index is 0.738. The Kier molecular flexibility index (Phi) is 1.01. The molecule has 1 aliphatic heterocycles. The summed E-state index contributed by atoms with van der Waals surface area (Å²) in [5.41, 5.74) is 4.05. The van der Waals surface area contributed by atoms with Gasteiger partial charge in [-0.2, -0.15) is 10.6 Å². The maximum absolute atomic E-state index is 9.03. The average molecular weight is 137 g/mol. The summed E-state index contributed by atoms with van der Waals surface area (Å²) >= 11 is 0. The van der Waals surface area contributed by atoms with E-state index in [2.05, 4.69) is 10.6 Å². The van der Waals surface area contributed by atoms with Gasteiger partial charge >= 0.3 is 0 Å². The highest BCUT2D eigenvalue weighted by atomic mass is 16.6. The Hall–Kier alpha value is -1.29. The van der Waals surface area contributed by atoms with Crippen LogP contribution in [0.3, 0.4) is 0 Å². The van der Waals surface area contributed by atoms with Crippen LogP contribution in [0.15, 0.2) is 29.0 Å². The van der Waals surface area contributed by atoms with Gasteiger partial charge < -0.3 is 0 Å². The monoisotopic (exact) mass is 137 g/mol. The Balaban J connectivity index is 2.37. The highest BCUT2D eigenvalue weighted by Crippen LogP contribution is 2.14. The quantitative estimate of drug-likeness (QED) is 0.508. The molecule has 1 heterocycles. The van der Waals surface area contributed by atoms with Crippen LogP contribution < -0.4 is 5.53 Å². The van der Waals surface area contributed by atoms with Gasteiger partial charge in [0.15, 0.2) is 0 Å². The molecule has 0 amide bonds. The molecule has 4 heteroatoms. The normalized spacial score (nSPS) is 21.5. The fourth-order valence-electron chi connectivity index (χ4n) is 0.997. The summed E-state index contributed by atoms with van der Waals surface area (Å²) in [6, 6.07) is 0. The van der Waals surface area contributed by atoms with Gasteiger partial charge in [-0.05, 0) is 6.08 Å². The SMILES string of the molecule is ON1NN=C2CC=CC=C21. The van der Waals surface area contributed by atoms with E-state index in [-0.39, 0.29) is 0 Å². The maximum Gasteiger partial charge on any atom is 0.113 e. The number of hydroxylamine groups is 1. The van der Waals surface area contributed by atoms with Crippen LogP contribution in [0.5, 0.6) is 0 Å². The van der Waals surface area contributed by atoms with Crippen molar-refractivity contribution in [3.05, 3.63) is 23.9 Å². The highest BCUT2D eigenvalue weighted by molar-refractivity contribution is 6.02. The summed E-state index contributed by atoms with van der Waals surface area (Å²) in [6.45, 7) is 0. The van der Waals surface area contributed by atoms with Crippen LogP contribution in [0.25, 0.3) is 0 Å². The fourth-order valence-corrected chi connectivity index (χ4v) is 0.997. The first-order valence-electron chi connectivity index (χ1n) is 3.06. The van der Waals surface area contributed by atoms with Gasteiger partial charge in [0.25, 0.3) is 0 Å². The van der Waals surface area contributed by atoms with E-state index in [1.165, 1.54) is 0 Å². The van der Waals surface area contributed by atoms with Crippen molar-refractivity contribution >= 4 is 5.71 Å². The molecule has 2 aliphatic rings. The second-order valence-electron chi connectivity index (χ2n) is 2.15. The molecule has 2 rings (SSSR count). The van der Waals surface area contributed by atoms with Gasteiger partial charge in [-0.1, -0.05) is 12.2 Å². The lowest BCUT2D eigenvalue weighted by molar-refractivity contribution is -0.0876. The number of fused-ring (bicyclic) bond motifs is 1. The summed E-state index contributed by atoms with van der Waals surface area (Å²) in [6.07, 6.45) is 6.48. The van der Waals surface area contributed by atoms with Crippen LogP contribution in [-0.4, -0.2) is 16.1 Å². The Labute approximate surface area is 58.1 Å². The third kappa shape index (κ3) is 0.625. The molecule has 0 aromatic carbocycles. The van der Waals surface area contributed by atoms with E-state index < -0.39 is 0 Å². The number of hydrazone groups is 1. The molecule has 0 saturated carbocycles. The summed E-state index contributed by atoms with van der Waals surface area (Å²) in [4.78, 5) is 0. The molecule has 0 aromatic rings. The molecule has 0 aromatic heterocycles. The number of rotatable bonds is 0. The molecule has 1 aliphatic carbocycles. The highest BCUT2D eigenvalue weighted by Gasteiger charge is 2.19. The van der Waals surface area contributed by atoms with Gasteiger partial charge in [-0.15, -0.1) is 5.17 Å². The van der Waals surface area contributed by atoms with Crippen molar-refractivity contribution in [3.8, 4) is 0 Å². The van der Waals surface area contributed by atoms with Crippen LogP contribution in [0.1, 0.15) is 6.42 Å². The van der Waals surface area contributed by atoms with Crippen molar-refractivity contribution in [1.29, 1.82) is 0 Å². The predicted molar refractivity (Wildman–Crippen MR) is 36.0 cm³/mol. The van der Waals surface area contributed by atoms with E-state index in [1.807, 2.05) is 18.2 Å². The zero-order chi connectivity index (χ0) is 6.97.